The van der Waals surface area contributed by atoms with E-state index in [2.05, 4.69) is 7.05 Å². The summed E-state index contributed by atoms with van der Waals surface area (Å²) in [5.74, 6) is 0. The third kappa shape index (κ3) is 1.70. The number of nitrogens with zero attached hydrogens (tertiary/aromatic N) is 1. The second-order valence-electron chi connectivity index (χ2n) is 3.58. The van der Waals surface area contributed by atoms with Crippen LogP contribution in [0.4, 0.5) is 0 Å². The Morgan fingerprint density at radius 3 is 2.38 bits per heavy atom. The van der Waals surface area contributed by atoms with Crippen LogP contribution in [-0.4, -0.2) is 19.8 Å². The van der Waals surface area contributed by atoms with E-state index in [1.807, 2.05) is 24.3 Å². The number of hydrogen-bond donors (Lipinski definition) is 0. The minimum atomic E-state index is -3.48. The summed E-state index contributed by atoms with van der Waals surface area (Å²) in [6.45, 7) is 0. The molecule has 16 heavy (non-hydrogen) atoms. The summed E-state index contributed by atoms with van der Waals surface area (Å²) in [6, 6.07) is 12.6. The van der Waals surface area contributed by atoms with E-state index < -0.39 is 10.0 Å². The molecule has 83 valence electrons. The third-order valence-corrected chi connectivity index (χ3v) is 4.17. The van der Waals surface area contributed by atoms with Crippen LogP contribution in [0.25, 0.3) is 10.8 Å². The van der Waals surface area contributed by atoms with Gasteiger partial charge in [-0.2, -0.15) is 4.31 Å². The minimum Gasteiger partial charge on any atom is -0.207 e. The van der Waals surface area contributed by atoms with E-state index in [-0.39, 0.29) is 0 Å². The van der Waals surface area contributed by atoms with Crippen molar-refractivity contribution in [2.45, 2.75) is 4.90 Å². The Hall–Kier alpha value is -1.39. The van der Waals surface area contributed by atoms with Gasteiger partial charge in [-0.1, -0.05) is 36.4 Å². The van der Waals surface area contributed by atoms with Crippen molar-refractivity contribution in [2.24, 2.45) is 0 Å². The average Bonchev–Trinajstić information content (AvgIpc) is 2.28. The molecular formula is C12H12NO2S. The second-order valence-corrected chi connectivity index (χ2v) is 5.59. The van der Waals surface area contributed by atoms with Crippen molar-refractivity contribution >= 4 is 20.8 Å². The van der Waals surface area contributed by atoms with E-state index in [9.17, 15) is 8.42 Å². The highest BCUT2D eigenvalue weighted by Gasteiger charge is 2.19. The summed E-state index contributed by atoms with van der Waals surface area (Å²) in [4.78, 5) is 0.295. The van der Waals surface area contributed by atoms with Gasteiger partial charge in [0.25, 0.3) is 0 Å². The zero-order valence-electron chi connectivity index (χ0n) is 8.92. The first-order valence-corrected chi connectivity index (χ1v) is 6.24. The van der Waals surface area contributed by atoms with Gasteiger partial charge in [0.2, 0.25) is 10.0 Å². The molecule has 0 bridgehead atoms. The molecule has 0 amide bonds. The summed E-state index contributed by atoms with van der Waals surface area (Å²) in [5, 5.41) is 1.63. The predicted octanol–water partition coefficient (Wildman–Crippen LogP) is 2.25. The fourth-order valence-electron chi connectivity index (χ4n) is 1.59. The van der Waals surface area contributed by atoms with Crippen LogP contribution < -0.4 is 0 Å². The van der Waals surface area contributed by atoms with Crippen molar-refractivity contribution in [2.75, 3.05) is 7.05 Å². The smallest absolute Gasteiger partial charge is 0.207 e. The molecule has 0 spiro atoms. The molecule has 3 nitrogen and oxygen atoms in total. The van der Waals surface area contributed by atoms with Crippen LogP contribution in [0.5, 0.6) is 0 Å². The van der Waals surface area contributed by atoms with Gasteiger partial charge in [0.15, 0.2) is 0 Å². The van der Waals surface area contributed by atoms with Gasteiger partial charge in [-0.25, -0.2) is 8.42 Å². The van der Waals surface area contributed by atoms with E-state index in [1.54, 1.807) is 18.2 Å². The van der Waals surface area contributed by atoms with Gasteiger partial charge in [-0.05, 0) is 11.5 Å². The fraction of sp³-hybridized carbons (Fsp3) is 0.0833. The Kier molecular flexibility index (Phi) is 2.69. The number of sulfonamides is 1. The largest absolute Gasteiger partial charge is 0.243 e. The summed E-state index contributed by atoms with van der Waals surface area (Å²) in [6.07, 6.45) is 0. The summed E-state index contributed by atoms with van der Waals surface area (Å²) < 4.78 is 25.0. The van der Waals surface area contributed by atoms with Crippen LogP contribution in [0, 0.1) is 7.05 Å². The van der Waals surface area contributed by atoms with Crippen molar-refractivity contribution in [3.05, 3.63) is 49.5 Å². The molecule has 2 aromatic rings. The van der Waals surface area contributed by atoms with Gasteiger partial charge >= 0.3 is 0 Å². The zero-order chi connectivity index (χ0) is 11.8. The Balaban J connectivity index is 2.80. The van der Waals surface area contributed by atoms with Gasteiger partial charge < -0.3 is 0 Å². The van der Waals surface area contributed by atoms with Gasteiger partial charge in [0.1, 0.15) is 0 Å². The summed E-state index contributed by atoms with van der Waals surface area (Å²) in [5.41, 5.74) is 0. The van der Waals surface area contributed by atoms with E-state index in [0.717, 1.165) is 15.1 Å². The highest BCUT2D eigenvalue weighted by molar-refractivity contribution is 7.89. The van der Waals surface area contributed by atoms with Crippen molar-refractivity contribution in [3.63, 3.8) is 0 Å². The maximum absolute atomic E-state index is 12.0. The Bertz CT molecular complexity index is 612. The molecule has 0 saturated carbocycles. The second kappa shape index (κ2) is 3.88. The zero-order valence-corrected chi connectivity index (χ0v) is 9.74. The van der Waals surface area contributed by atoms with Gasteiger partial charge in [0, 0.05) is 19.5 Å². The van der Waals surface area contributed by atoms with E-state index >= 15 is 0 Å². The molecule has 1 radical (unpaired) electrons. The molecule has 0 unspecified atom stereocenters. The lowest BCUT2D eigenvalue weighted by atomic mass is 10.1. The van der Waals surface area contributed by atoms with Crippen molar-refractivity contribution in [3.8, 4) is 0 Å². The minimum absolute atomic E-state index is 0.295. The molecular weight excluding hydrogens is 222 g/mol. The molecule has 0 N–H and O–H groups in total. The Labute approximate surface area is 95.4 Å². The van der Waals surface area contributed by atoms with Crippen LogP contribution in [-0.2, 0) is 10.0 Å². The molecule has 0 atom stereocenters. The Morgan fingerprint density at radius 2 is 1.69 bits per heavy atom. The summed E-state index contributed by atoms with van der Waals surface area (Å²) in [7, 11) is 1.39. The normalized spacial score (nSPS) is 12.2. The lowest BCUT2D eigenvalue weighted by Gasteiger charge is -2.12. The van der Waals surface area contributed by atoms with Gasteiger partial charge in [0.05, 0.1) is 4.90 Å². The number of benzene rings is 2. The quantitative estimate of drug-likeness (QED) is 0.799. The molecule has 0 aliphatic carbocycles. The molecule has 2 rings (SSSR count). The highest BCUT2D eigenvalue weighted by Crippen LogP contribution is 2.24. The van der Waals surface area contributed by atoms with Crippen molar-refractivity contribution in [1.82, 2.24) is 4.31 Å². The molecule has 0 aromatic heterocycles. The molecule has 0 saturated heterocycles. The van der Waals surface area contributed by atoms with Crippen molar-refractivity contribution < 1.29 is 8.42 Å². The highest BCUT2D eigenvalue weighted by atomic mass is 32.2. The van der Waals surface area contributed by atoms with Crippen molar-refractivity contribution in [1.29, 1.82) is 0 Å². The number of fused-ring (bicyclic) bond motifs is 1. The molecule has 0 aliphatic rings. The predicted molar refractivity (Wildman–Crippen MR) is 64.3 cm³/mol. The maximum atomic E-state index is 12.0. The number of rotatable bonds is 2. The third-order valence-electron chi connectivity index (χ3n) is 2.44. The molecule has 4 heteroatoms. The first kappa shape index (κ1) is 11.1. The standard InChI is InChI=1S/C12H12NO2S/c1-13(2)16(14,15)12-9-5-7-10-6-3-4-8-11(10)12/h3-9H,1H2,2H3. The molecule has 0 heterocycles. The lowest BCUT2D eigenvalue weighted by molar-refractivity contribution is 0.538. The number of hydrogen-bond acceptors (Lipinski definition) is 2. The van der Waals surface area contributed by atoms with Gasteiger partial charge in [-0.15, -0.1) is 0 Å². The van der Waals surface area contributed by atoms with Crippen LogP contribution in [0.3, 0.4) is 0 Å². The van der Waals surface area contributed by atoms with E-state index in [1.165, 1.54) is 7.05 Å². The fourth-order valence-corrected chi connectivity index (χ4v) is 2.64. The van der Waals surface area contributed by atoms with Crippen LogP contribution in [0.2, 0.25) is 0 Å². The molecule has 2 aromatic carbocycles. The first-order chi connectivity index (χ1) is 7.53. The monoisotopic (exact) mass is 234 g/mol. The van der Waals surface area contributed by atoms with E-state index in [0.29, 0.717) is 4.90 Å². The lowest BCUT2D eigenvalue weighted by Crippen LogP contribution is -2.20. The van der Waals surface area contributed by atoms with E-state index in [4.69, 9.17) is 0 Å². The van der Waals surface area contributed by atoms with Crippen LogP contribution >= 0.6 is 0 Å². The maximum Gasteiger partial charge on any atom is 0.243 e. The van der Waals surface area contributed by atoms with Crippen LogP contribution in [0.15, 0.2) is 47.4 Å². The van der Waals surface area contributed by atoms with Gasteiger partial charge in [-0.3, -0.25) is 0 Å². The topological polar surface area (TPSA) is 37.4 Å². The Morgan fingerprint density at radius 1 is 1.06 bits per heavy atom. The summed E-state index contributed by atoms with van der Waals surface area (Å²) >= 11 is 0. The SMILES string of the molecule is [CH2]N(C)S(=O)(=O)c1cccc2ccccc12. The molecule has 0 fully saturated rings. The average molecular weight is 234 g/mol. The van der Waals surface area contributed by atoms with Crippen LogP contribution in [0.1, 0.15) is 0 Å². The first-order valence-electron chi connectivity index (χ1n) is 4.80. The molecule has 0 aliphatic heterocycles.